The van der Waals surface area contributed by atoms with Crippen LogP contribution in [0.3, 0.4) is 0 Å². The van der Waals surface area contributed by atoms with Gasteiger partial charge in [-0.25, -0.2) is 0 Å². The molecule has 0 atom stereocenters. The predicted octanol–water partition coefficient (Wildman–Crippen LogP) is 3.88. The first kappa shape index (κ1) is 12.0. The molecule has 1 aromatic carbocycles. The second-order valence-electron chi connectivity index (χ2n) is 4.99. The quantitative estimate of drug-likeness (QED) is 0.860. The number of rotatable bonds is 5. The van der Waals surface area contributed by atoms with Crippen LogP contribution in [0.15, 0.2) is 27.1 Å². The maximum absolute atomic E-state index is 6.20. The Hall–Kier alpha value is -0.0600. The van der Waals surface area contributed by atoms with E-state index in [1.165, 1.54) is 12.8 Å². The molecule has 3 rings (SSSR count). The topological polar surface area (TPSA) is 21.3 Å². The second-order valence-corrected chi connectivity index (χ2v) is 6.70. The summed E-state index contributed by atoms with van der Waals surface area (Å²) in [4.78, 5) is 0. The lowest BCUT2D eigenvalue weighted by atomic mass is 10.3. The first-order chi connectivity index (χ1) is 8.19. The molecule has 92 valence electrons. The van der Waals surface area contributed by atoms with Crippen molar-refractivity contribution in [1.82, 2.24) is 5.32 Å². The van der Waals surface area contributed by atoms with Crippen LogP contribution in [0.4, 0.5) is 0 Å². The number of hydrogen-bond donors (Lipinski definition) is 1. The van der Waals surface area contributed by atoms with Gasteiger partial charge in [0, 0.05) is 12.6 Å². The highest BCUT2D eigenvalue weighted by Gasteiger charge is 2.46. The van der Waals surface area contributed by atoms with E-state index < -0.39 is 0 Å². The molecule has 4 heteroatoms. The van der Waals surface area contributed by atoms with Gasteiger partial charge in [-0.2, -0.15) is 0 Å². The van der Waals surface area contributed by atoms with Crippen LogP contribution in [0.2, 0.25) is 0 Å². The Kier molecular flexibility index (Phi) is 3.22. The van der Waals surface area contributed by atoms with Gasteiger partial charge >= 0.3 is 0 Å². The zero-order chi connectivity index (χ0) is 11.9. The summed E-state index contributed by atoms with van der Waals surface area (Å²) in [6.07, 6.45) is 4.96. The van der Waals surface area contributed by atoms with Crippen LogP contribution in [0, 0.1) is 0 Å². The fraction of sp³-hybridized carbons (Fsp3) is 0.538. The summed E-state index contributed by atoms with van der Waals surface area (Å²) in [5.74, 6) is 0.933. The minimum absolute atomic E-state index is 0.0367. The maximum atomic E-state index is 6.20. The molecule has 2 aliphatic carbocycles. The van der Waals surface area contributed by atoms with Gasteiger partial charge in [0.05, 0.1) is 8.95 Å². The first-order valence-corrected chi connectivity index (χ1v) is 7.64. The van der Waals surface area contributed by atoms with Gasteiger partial charge in [0.15, 0.2) is 0 Å². The van der Waals surface area contributed by atoms with Gasteiger partial charge in [-0.05, 0) is 69.7 Å². The van der Waals surface area contributed by atoms with E-state index in [9.17, 15) is 0 Å². The molecule has 2 aliphatic rings. The highest BCUT2D eigenvalue weighted by atomic mass is 79.9. The van der Waals surface area contributed by atoms with Crippen molar-refractivity contribution in [3.05, 3.63) is 27.1 Å². The average molecular weight is 361 g/mol. The molecule has 2 fully saturated rings. The summed E-state index contributed by atoms with van der Waals surface area (Å²) in [6, 6.07) is 6.79. The van der Waals surface area contributed by atoms with Crippen molar-refractivity contribution in [2.75, 3.05) is 6.54 Å². The van der Waals surface area contributed by atoms with Crippen molar-refractivity contribution in [3.8, 4) is 5.75 Å². The summed E-state index contributed by atoms with van der Waals surface area (Å²) in [5.41, 5.74) is 0.0367. The molecule has 2 saturated carbocycles. The number of benzene rings is 1. The predicted molar refractivity (Wildman–Crippen MR) is 75.5 cm³/mol. The zero-order valence-electron chi connectivity index (χ0n) is 9.51. The van der Waals surface area contributed by atoms with Crippen molar-refractivity contribution in [3.63, 3.8) is 0 Å². The lowest BCUT2D eigenvalue weighted by molar-refractivity contribution is 0.172. The van der Waals surface area contributed by atoms with Gasteiger partial charge in [-0.3, -0.25) is 0 Å². The number of ether oxygens (including phenoxy) is 1. The molecule has 0 bridgehead atoms. The summed E-state index contributed by atoms with van der Waals surface area (Å²) >= 11 is 7.09. The van der Waals surface area contributed by atoms with E-state index >= 15 is 0 Å². The highest BCUT2D eigenvalue weighted by Crippen LogP contribution is 2.44. The maximum Gasteiger partial charge on any atom is 0.148 e. The van der Waals surface area contributed by atoms with Crippen molar-refractivity contribution < 1.29 is 4.74 Å². The minimum Gasteiger partial charge on any atom is -0.484 e. The Morgan fingerprint density at radius 1 is 1.24 bits per heavy atom. The van der Waals surface area contributed by atoms with Crippen LogP contribution in [-0.4, -0.2) is 18.2 Å². The molecule has 0 aliphatic heterocycles. The van der Waals surface area contributed by atoms with Crippen LogP contribution in [0.25, 0.3) is 0 Å². The Morgan fingerprint density at radius 2 is 1.88 bits per heavy atom. The van der Waals surface area contributed by atoms with Crippen molar-refractivity contribution in [1.29, 1.82) is 0 Å². The fourth-order valence-corrected chi connectivity index (χ4v) is 3.03. The number of halogens is 2. The van der Waals surface area contributed by atoms with E-state index in [4.69, 9.17) is 4.74 Å². The third-order valence-electron chi connectivity index (χ3n) is 3.34. The first-order valence-electron chi connectivity index (χ1n) is 6.05. The summed E-state index contributed by atoms with van der Waals surface area (Å²) < 4.78 is 8.23. The smallest absolute Gasteiger partial charge is 0.148 e. The van der Waals surface area contributed by atoms with Gasteiger partial charge in [0.2, 0.25) is 0 Å². The number of hydrogen-bond acceptors (Lipinski definition) is 2. The third kappa shape index (κ3) is 2.85. The molecule has 0 aromatic heterocycles. The van der Waals surface area contributed by atoms with Gasteiger partial charge in [0.25, 0.3) is 0 Å². The van der Waals surface area contributed by atoms with Gasteiger partial charge in [-0.15, -0.1) is 0 Å². The van der Waals surface area contributed by atoms with E-state index in [1.54, 1.807) is 0 Å². The third-order valence-corrected chi connectivity index (χ3v) is 4.58. The summed E-state index contributed by atoms with van der Waals surface area (Å²) in [6.45, 7) is 0.978. The lowest BCUT2D eigenvalue weighted by Gasteiger charge is -2.20. The van der Waals surface area contributed by atoms with Crippen LogP contribution in [-0.2, 0) is 0 Å². The second kappa shape index (κ2) is 4.56. The van der Waals surface area contributed by atoms with Gasteiger partial charge in [0.1, 0.15) is 11.4 Å². The van der Waals surface area contributed by atoms with E-state index in [0.717, 1.165) is 40.1 Å². The molecule has 17 heavy (non-hydrogen) atoms. The summed E-state index contributed by atoms with van der Waals surface area (Å²) in [5, 5.41) is 3.56. The molecule has 0 spiro atoms. The molecule has 0 radical (unpaired) electrons. The van der Waals surface area contributed by atoms with Crippen molar-refractivity contribution in [2.24, 2.45) is 0 Å². The van der Waals surface area contributed by atoms with Gasteiger partial charge < -0.3 is 10.1 Å². The van der Waals surface area contributed by atoms with Crippen molar-refractivity contribution in [2.45, 2.75) is 37.3 Å². The molecular weight excluding hydrogens is 346 g/mol. The van der Waals surface area contributed by atoms with E-state index in [1.807, 2.05) is 18.2 Å². The molecule has 1 aromatic rings. The Labute approximate surface area is 118 Å². The summed E-state index contributed by atoms with van der Waals surface area (Å²) in [7, 11) is 0. The monoisotopic (exact) mass is 359 g/mol. The number of para-hydroxylation sites is 1. The Balaban J connectivity index is 1.68. The standard InChI is InChI=1S/C13H15Br2NO/c14-10-2-1-3-11(15)12(10)17-13(6-7-13)8-16-9-4-5-9/h1-3,9,16H,4-8H2. The molecule has 0 saturated heterocycles. The molecule has 0 heterocycles. The Morgan fingerprint density at radius 3 is 2.41 bits per heavy atom. The zero-order valence-corrected chi connectivity index (χ0v) is 12.7. The molecule has 0 unspecified atom stereocenters. The van der Waals surface area contributed by atoms with Crippen LogP contribution >= 0.6 is 31.9 Å². The van der Waals surface area contributed by atoms with Gasteiger partial charge in [-0.1, -0.05) is 6.07 Å². The lowest BCUT2D eigenvalue weighted by Crippen LogP contribution is -2.34. The highest BCUT2D eigenvalue weighted by molar-refractivity contribution is 9.11. The SMILES string of the molecule is Brc1cccc(Br)c1OC1(CNC2CC2)CC1. The molecule has 1 N–H and O–H groups in total. The van der Waals surface area contributed by atoms with Crippen LogP contribution in [0.1, 0.15) is 25.7 Å². The molecular formula is C13H15Br2NO. The van der Waals surface area contributed by atoms with E-state index in [-0.39, 0.29) is 5.60 Å². The molecule has 0 amide bonds. The molecule has 2 nitrogen and oxygen atoms in total. The normalized spacial score (nSPS) is 21.3. The van der Waals surface area contributed by atoms with E-state index in [0.29, 0.717) is 0 Å². The van der Waals surface area contributed by atoms with Crippen molar-refractivity contribution >= 4 is 31.9 Å². The number of nitrogens with one attached hydrogen (secondary N) is 1. The van der Waals surface area contributed by atoms with E-state index in [2.05, 4.69) is 37.2 Å². The van der Waals surface area contributed by atoms with Crippen LogP contribution in [0.5, 0.6) is 5.75 Å². The average Bonchev–Trinajstić information content (AvgIpc) is 3.17. The minimum atomic E-state index is 0.0367. The fourth-order valence-electron chi connectivity index (χ4n) is 1.87. The van der Waals surface area contributed by atoms with Crippen LogP contribution < -0.4 is 10.1 Å². The Bertz CT molecular complexity index is 407. The largest absolute Gasteiger partial charge is 0.484 e.